The smallest absolute Gasteiger partial charge is 0.309 e. The monoisotopic (exact) mass is 239 g/mol. The number of hydrogen-bond donors (Lipinski definition) is 1. The van der Waals surface area contributed by atoms with Crippen molar-refractivity contribution in [2.45, 2.75) is 12.5 Å². The van der Waals surface area contributed by atoms with Gasteiger partial charge in [-0.05, 0) is 12.1 Å². The summed E-state index contributed by atoms with van der Waals surface area (Å²) in [6.45, 7) is 0. The van der Waals surface area contributed by atoms with Crippen LogP contribution in [0, 0.1) is 5.82 Å². The van der Waals surface area contributed by atoms with Gasteiger partial charge in [0.25, 0.3) is 5.91 Å². The van der Waals surface area contributed by atoms with Gasteiger partial charge in [0.05, 0.1) is 19.2 Å². The topological polar surface area (TPSA) is 64.6 Å². The number of carbonyl (C=O) groups is 2. The molecular formula is C11H10FNO4. The molecule has 0 saturated carbocycles. The van der Waals surface area contributed by atoms with E-state index in [9.17, 15) is 14.0 Å². The number of methoxy groups -OCH3 is 1. The Kier molecular flexibility index (Phi) is 2.95. The number of rotatable bonds is 2. The van der Waals surface area contributed by atoms with Gasteiger partial charge >= 0.3 is 5.97 Å². The van der Waals surface area contributed by atoms with Gasteiger partial charge in [0.2, 0.25) is 0 Å². The summed E-state index contributed by atoms with van der Waals surface area (Å²) in [6, 6.07) is 3.77. The lowest BCUT2D eigenvalue weighted by Crippen LogP contribution is -2.38. The first kappa shape index (κ1) is 11.4. The number of halogens is 1. The quantitative estimate of drug-likeness (QED) is 0.784. The highest BCUT2D eigenvalue weighted by atomic mass is 19.1. The summed E-state index contributed by atoms with van der Waals surface area (Å²) in [5, 5.41) is 2.47. The fourth-order valence-electron chi connectivity index (χ4n) is 1.49. The summed E-state index contributed by atoms with van der Waals surface area (Å²) < 4.78 is 22.6. The third kappa shape index (κ3) is 2.35. The van der Waals surface area contributed by atoms with Crippen LogP contribution in [0.3, 0.4) is 0 Å². The zero-order valence-electron chi connectivity index (χ0n) is 9.03. The molecule has 0 aromatic heterocycles. The van der Waals surface area contributed by atoms with Gasteiger partial charge in [-0.25, -0.2) is 4.39 Å². The van der Waals surface area contributed by atoms with Crippen LogP contribution in [0.2, 0.25) is 0 Å². The van der Waals surface area contributed by atoms with Crippen molar-refractivity contribution in [1.82, 2.24) is 0 Å². The lowest BCUT2D eigenvalue weighted by atomic mass is 10.1. The number of amides is 1. The van der Waals surface area contributed by atoms with E-state index < -0.39 is 23.8 Å². The van der Waals surface area contributed by atoms with Crippen LogP contribution in [-0.4, -0.2) is 25.1 Å². The zero-order valence-corrected chi connectivity index (χ0v) is 9.03. The molecule has 0 bridgehead atoms. The Bertz CT molecular complexity index is 475. The van der Waals surface area contributed by atoms with Crippen molar-refractivity contribution in [3.8, 4) is 5.75 Å². The van der Waals surface area contributed by atoms with Gasteiger partial charge in [-0.2, -0.15) is 0 Å². The highest BCUT2D eigenvalue weighted by molar-refractivity contribution is 5.99. The fraction of sp³-hybridized carbons (Fsp3) is 0.273. The number of nitrogens with one attached hydrogen (secondary N) is 1. The molecule has 1 aliphatic rings. The first-order valence-electron chi connectivity index (χ1n) is 4.94. The van der Waals surface area contributed by atoms with E-state index in [-0.39, 0.29) is 12.1 Å². The van der Waals surface area contributed by atoms with Crippen molar-refractivity contribution in [3.63, 3.8) is 0 Å². The molecule has 1 aromatic rings. The van der Waals surface area contributed by atoms with E-state index in [0.717, 1.165) is 6.07 Å². The van der Waals surface area contributed by atoms with Crippen LogP contribution < -0.4 is 10.1 Å². The number of carbonyl (C=O) groups excluding carboxylic acids is 2. The van der Waals surface area contributed by atoms with E-state index in [1.54, 1.807) is 0 Å². The van der Waals surface area contributed by atoms with Gasteiger partial charge in [0.1, 0.15) is 11.6 Å². The predicted molar refractivity (Wildman–Crippen MR) is 56.1 cm³/mol. The van der Waals surface area contributed by atoms with Crippen LogP contribution in [0.25, 0.3) is 0 Å². The lowest BCUT2D eigenvalue weighted by Gasteiger charge is -2.24. The van der Waals surface area contributed by atoms with Crippen LogP contribution in [-0.2, 0) is 14.3 Å². The van der Waals surface area contributed by atoms with E-state index >= 15 is 0 Å². The molecule has 0 unspecified atom stereocenters. The largest absolute Gasteiger partial charge is 0.478 e. The molecule has 1 N–H and O–H groups in total. The average molecular weight is 239 g/mol. The van der Waals surface area contributed by atoms with Crippen molar-refractivity contribution >= 4 is 17.6 Å². The summed E-state index contributed by atoms with van der Waals surface area (Å²) in [4.78, 5) is 22.6. The first-order valence-corrected chi connectivity index (χ1v) is 4.94. The lowest BCUT2D eigenvalue weighted by molar-refractivity contribution is -0.145. The minimum absolute atomic E-state index is 0.181. The Balaban J connectivity index is 2.18. The van der Waals surface area contributed by atoms with Gasteiger partial charge in [-0.1, -0.05) is 0 Å². The normalized spacial score (nSPS) is 17.8. The minimum Gasteiger partial charge on any atom is -0.478 e. The fourth-order valence-corrected chi connectivity index (χ4v) is 1.49. The highest BCUT2D eigenvalue weighted by Crippen LogP contribution is 2.30. The third-order valence-electron chi connectivity index (χ3n) is 2.34. The third-order valence-corrected chi connectivity index (χ3v) is 2.34. The van der Waals surface area contributed by atoms with E-state index in [0.29, 0.717) is 5.75 Å². The molecule has 0 fully saturated rings. The molecule has 1 aliphatic heterocycles. The van der Waals surface area contributed by atoms with Crippen molar-refractivity contribution < 1.29 is 23.5 Å². The first-order chi connectivity index (χ1) is 8.10. The Hall–Kier alpha value is -2.11. The van der Waals surface area contributed by atoms with Crippen LogP contribution >= 0.6 is 0 Å². The van der Waals surface area contributed by atoms with E-state index in [2.05, 4.69) is 10.1 Å². The Morgan fingerprint density at radius 2 is 2.35 bits per heavy atom. The Morgan fingerprint density at radius 1 is 1.59 bits per heavy atom. The van der Waals surface area contributed by atoms with Gasteiger partial charge in [0, 0.05) is 6.07 Å². The summed E-state index contributed by atoms with van der Waals surface area (Å²) in [6.07, 6.45) is -1.13. The Morgan fingerprint density at radius 3 is 3.06 bits per heavy atom. The van der Waals surface area contributed by atoms with E-state index in [1.807, 2.05) is 0 Å². The molecule has 0 radical (unpaired) electrons. The molecule has 1 heterocycles. The summed E-state index contributed by atoms with van der Waals surface area (Å²) in [5.41, 5.74) is 0.260. The van der Waals surface area contributed by atoms with Crippen LogP contribution in [0.4, 0.5) is 10.1 Å². The summed E-state index contributed by atoms with van der Waals surface area (Å²) >= 11 is 0. The van der Waals surface area contributed by atoms with E-state index in [1.165, 1.54) is 19.2 Å². The number of hydrogen-bond acceptors (Lipinski definition) is 4. The molecule has 0 aliphatic carbocycles. The number of anilines is 1. The SMILES string of the molecule is COC(=O)C[C@@H]1Oc2ccc(F)cc2NC1=O. The van der Waals surface area contributed by atoms with Crippen LogP contribution in [0.1, 0.15) is 6.42 Å². The number of ether oxygens (including phenoxy) is 2. The highest BCUT2D eigenvalue weighted by Gasteiger charge is 2.30. The Labute approximate surface area is 96.5 Å². The molecule has 0 saturated heterocycles. The maximum absolute atomic E-state index is 12.9. The molecule has 6 heteroatoms. The molecule has 17 heavy (non-hydrogen) atoms. The van der Waals surface area contributed by atoms with Gasteiger partial charge < -0.3 is 14.8 Å². The van der Waals surface area contributed by atoms with Crippen molar-refractivity contribution in [2.75, 3.05) is 12.4 Å². The van der Waals surface area contributed by atoms with Gasteiger partial charge in [-0.15, -0.1) is 0 Å². The van der Waals surface area contributed by atoms with Crippen LogP contribution in [0.5, 0.6) is 5.75 Å². The molecule has 2 rings (SSSR count). The van der Waals surface area contributed by atoms with Gasteiger partial charge in [0.15, 0.2) is 6.10 Å². The average Bonchev–Trinajstić information content (AvgIpc) is 2.30. The second-order valence-electron chi connectivity index (χ2n) is 3.52. The molecule has 0 spiro atoms. The summed E-state index contributed by atoms with van der Waals surface area (Å²) in [5.74, 6) is -1.18. The number of fused-ring (bicyclic) bond motifs is 1. The van der Waals surface area contributed by atoms with E-state index in [4.69, 9.17) is 4.74 Å². The zero-order chi connectivity index (χ0) is 12.4. The molecule has 1 amide bonds. The predicted octanol–water partition coefficient (Wildman–Crippen LogP) is 1.09. The molecule has 1 aromatic carbocycles. The molecular weight excluding hydrogens is 229 g/mol. The molecule has 90 valence electrons. The van der Waals surface area contributed by atoms with Crippen LogP contribution in [0.15, 0.2) is 18.2 Å². The standard InChI is InChI=1S/C11H10FNO4/c1-16-10(14)5-9-11(15)13-7-4-6(12)2-3-8(7)17-9/h2-4,9H,5H2,1H3,(H,13,15)/t9-/m0/s1. The second-order valence-corrected chi connectivity index (χ2v) is 3.52. The second kappa shape index (κ2) is 4.40. The molecule has 5 nitrogen and oxygen atoms in total. The van der Waals surface area contributed by atoms with Crippen molar-refractivity contribution in [1.29, 1.82) is 0 Å². The van der Waals surface area contributed by atoms with Crippen molar-refractivity contribution in [2.24, 2.45) is 0 Å². The molecule has 1 atom stereocenters. The van der Waals surface area contributed by atoms with Crippen molar-refractivity contribution in [3.05, 3.63) is 24.0 Å². The maximum Gasteiger partial charge on any atom is 0.309 e. The summed E-state index contributed by atoms with van der Waals surface area (Å²) in [7, 11) is 1.23. The van der Waals surface area contributed by atoms with Gasteiger partial charge in [-0.3, -0.25) is 9.59 Å². The number of esters is 1. The maximum atomic E-state index is 12.9. The minimum atomic E-state index is -0.944. The number of benzene rings is 1.